The number of benzene rings is 1. The second-order valence-electron chi connectivity index (χ2n) is 5.86. The SMILES string of the molecule is Cc1nn(C)c(C)c1C(=O)C(=O)N1c2ccccc2C[C@H]1C. The average Bonchev–Trinajstić information content (AvgIpc) is 2.93. The van der Waals surface area contributed by atoms with Gasteiger partial charge < -0.3 is 4.90 Å². The van der Waals surface area contributed by atoms with Gasteiger partial charge in [0.15, 0.2) is 0 Å². The average molecular weight is 297 g/mol. The maximum absolute atomic E-state index is 12.8. The molecule has 0 saturated heterocycles. The van der Waals surface area contributed by atoms with E-state index in [0.717, 1.165) is 23.4 Å². The van der Waals surface area contributed by atoms with Crippen LogP contribution in [0.2, 0.25) is 0 Å². The predicted molar refractivity (Wildman–Crippen MR) is 84.1 cm³/mol. The topological polar surface area (TPSA) is 55.2 Å². The van der Waals surface area contributed by atoms with E-state index in [1.54, 1.807) is 23.6 Å². The van der Waals surface area contributed by atoms with Gasteiger partial charge in [-0.15, -0.1) is 0 Å². The van der Waals surface area contributed by atoms with Crippen LogP contribution in [0.1, 0.15) is 34.2 Å². The van der Waals surface area contributed by atoms with Crippen molar-refractivity contribution in [3.8, 4) is 0 Å². The molecule has 0 unspecified atom stereocenters. The Balaban J connectivity index is 1.99. The molecule has 0 fully saturated rings. The molecule has 5 nitrogen and oxygen atoms in total. The van der Waals surface area contributed by atoms with E-state index in [2.05, 4.69) is 5.10 Å². The minimum atomic E-state index is -0.480. The van der Waals surface area contributed by atoms with Gasteiger partial charge in [0.05, 0.1) is 11.3 Å². The van der Waals surface area contributed by atoms with Gasteiger partial charge >= 0.3 is 0 Å². The van der Waals surface area contributed by atoms with E-state index in [0.29, 0.717) is 11.3 Å². The fourth-order valence-electron chi connectivity index (χ4n) is 3.19. The number of aromatic nitrogens is 2. The first-order chi connectivity index (χ1) is 10.4. The Hall–Kier alpha value is -2.43. The molecule has 114 valence electrons. The molecule has 0 N–H and O–H groups in total. The van der Waals surface area contributed by atoms with E-state index in [9.17, 15) is 9.59 Å². The first kappa shape index (κ1) is 14.5. The van der Waals surface area contributed by atoms with Crippen LogP contribution in [0, 0.1) is 13.8 Å². The maximum atomic E-state index is 12.8. The van der Waals surface area contributed by atoms with Gasteiger partial charge in [-0.1, -0.05) is 18.2 Å². The summed E-state index contributed by atoms with van der Waals surface area (Å²) in [5, 5.41) is 4.23. The number of para-hydroxylation sites is 1. The molecule has 1 aliphatic rings. The highest BCUT2D eigenvalue weighted by atomic mass is 16.2. The van der Waals surface area contributed by atoms with Crippen LogP contribution in [0.15, 0.2) is 24.3 Å². The summed E-state index contributed by atoms with van der Waals surface area (Å²) in [4.78, 5) is 27.1. The lowest BCUT2D eigenvalue weighted by Gasteiger charge is -2.21. The van der Waals surface area contributed by atoms with Crippen molar-refractivity contribution in [3.05, 3.63) is 46.8 Å². The molecule has 0 spiro atoms. The maximum Gasteiger partial charge on any atom is 0.299 e. The summed E-state index contributed by atoms with van der Waals surface area (Å²) >= 11 is 0. The lowest BCUT2D eigenvalue weighted by Crippen LogP contribution is -2.40. The van der Waals surface area contributed by atoms with Crippen molar-refractivity contribution in [1.29, 1.82) is 0 Å². The molecule has 22 heavy (non-hydrogen) atoms. The van der Waals surface area contributed by atoms with Gasteiger partial charge in [-0.25, -0.2) is 0 Å². The van der Waals surface area contributed by atoms with Gasteiger partial charge in [-0.3, -0.25) is 14.3 Å². The second-order valence-corrected chi connectivity index (χ2v) is 5.86. The first-order valence-corrected chi connectivity index (χ1v) is 7.37. The van der Waals surface area contributed by atoms with E-state index < -0.39 is 11.7 Å². The molecule has 1 atom stereocenters. The summed E-state index contributed by atoms with van der Waals surface area (Å²) in [5.74, 6) is -0.955. The van der Waals surface area contributed by atoms with Crippen LogP contribution >= 0.6 is 0 Å². The highest BCUT2D eigenvalue weighted by Gasteiger charge is 2.36. The normalized spacial score (nSPS) is 16.7. The molecule has 0 saturated carbocycles. The molecule has 1 aromatic carbocycles. The Morgan fingerprint density at radius 3 is 2.55 bits per heavy atom. The molecular formula is C17H19N3O2. The third-order valence-corrected chi connectivity index (χ3v) is 4.36. The number of hydrogen-bond acceptors (Lipinski definition) is 3. The molecule has 0 bridgehead atoms. The predicted octanol–water partition coefficient (Wildman–Crippen LogP) is 2.20. The fraction of sp³-hybridized carbons (Fsp3) is 0.353. The Morgan fingerprint density at radius 2 is 1.91 bits per heavy atom. The van der Waals surface area contributed by atoms with Crippen LogP contribution in [-0.2, 0) is 18.3 Å². The third-order valence-electron chi connectivity index (χ3n) is 4.36. The Labute approximate surface area is 129 Å². The van der Waals surface area contributed by atoms with E-state index in [-0.39, 0.29) is 6.04 Å². The molecule has 2 aromatic rings. The summed E-state index contributed by atoms with van der Waals surface area (Å²) < 4.78 is 1.64. The molecular weight excluding hydrogens is 278 g/mol. The highest BCUT2D eigenvalue weighted by Crippen LogP contribution is 2.32. The van der Waals surface area contributed by atoms with E-state index in [1.807, 2.05) is 38.1 Å². The molecule has 0 aliphatic carbocycles. The number of anilines is 1. The smallest absolute Gasteiger partial charge is 0.299 e. The van der Waals surface area contributed by atoms with Gasteiger partial charge in [0.2, 0.25) is 0 Å². The van der Waals surface area contributed by atoms with Gasteiger partial charge in [-0.2, -0.15) is 5.10 Å². The number of carbonyl (C=O) groups excluding carboxylic acids is 2. The van der Waals surface area contributed by atoms with Crippen molar-refractivity contribution in [2.75, 3.05) is 4.90 Å². The van der Waals surface area contributed by atoms with Crippen LogP contribution < -0.4 is 4.90 Å². The zero-order valence-corrected chi connectivity index (χ0v) is 13.3. The highest BCUT2D eigenvalue weighted by molar-refractivity contribution is 6.47. The Bertz CT molecular complexity index is 776. The van der Waals surface area contributed by atoms with Gasteiger partial charge in [0.1, 0.15) is 0 Å². The lowest BCUT2D eigenvalue weighted by molar-refractivity contribution is -0.115. The molecule has 2 heterocycles. The number of carbonyl (C=O) groups is 2. The summed E-state index contributed by atoms with van der Waals surface area (Å²) in [6.07, 6.45) is 0.778. The van der Waals surface area contributed by atoms with Crippen LogP contribution in [0.3, 0.4) is 0 Å². The monoisotopic (exact) mass is 297 g/mol. The number of Topliss-reactive ketones (excluding diaryl/α,β-unsaturated/α-hetero) is 1. The molecule has 3 rings (SSSR count). The zero-order chi connectivity index (χ0) is 16.0. The number of ketones is 1. The number of rotatable bonds is 2. The fourth-order valence-corrected chi connectivity index (χ4v) is 3.19. The van der Waals surface area contributed by atoms with Crippen LogP contribution in [-0.4, -0.2) is 27.5 Å². The Kier molecular flexibility index (Phi) is 3.35. The van der Waals surface area contributed by atoms with E-state index >= 15 is 0 Å². The largest absolute Gasteiger partial charge is 0.302 e. The minimum absolute atomic E-state index is 0.00821. The van der Waals surface area contributed by atoms with Crippen LogP contribution in [0.4, 0.5) is 5.69 Å². The van der Waals surface area contributed by atoms with Crippen molar-refractivity contribution < 1.29 is 9.59 Å². The van der Waals surface area contributed by atoms with Gasteiger partial charge in [0.25, 0.3) is 11.7 Å². The van der Waals surface area contributed by atoms with Crippen LogP contribution in [0.25, 0.3) is 0 Å². The summed E-state index contributed by atoms with van der Waals surface area (Å²) in [6.45, 7) is 5.53. The van der Waals surface area contributed by atoms with Crippen molar-refractivity contribution in [1.82, 2.24) is 9.78 Å². The van der Waals surface area contributed by atoms with E-state index in [1.165, 1.54) is 0 Å². The molecule has 5 heteroatoms. The number of aryl methyl sites for hydroxylation is 2. The summed E-state index contributed by atoms with van der Waals surface area (Å²) in [5.41, 5.74) is 3.68. The lowest BCUT2D eigenvalue weighted by atomic mass is 10.1. The molecule has 1 aromatic heterocycles. The van der Waals surface area contributed by atoms with Crippen molar-refractivity contribution in [3.63, 3.8) is 0 Å². The van der Waals surface area contributed by atoms with Crippen molar-refractivity contribution in [2.24, 2.45) is 7.05 Å². The van der Waals surface area contributed by atoms with Crippen molar-refractivity contribution >= 4 is 17.4 Å². The quantitative estimate of drug-likeness (QED) is 0.631. The summed E-state index contributed by atoms with van der Waals surface area (Å²) in [7, 11) is 1.78. The van der Waals surface area contributed by atoms with Gasteiger partial charge in [0, 0.05) is 24.5 Å². The number of amides is 1. The molecule has 1 amide bonds. The summed E-state index contributed by atoms with van der Waals surface area (Å²) in [6, 6.07) is 7.74. The number of nitrogens with zero attached hydrogens (tertiary/aromatic N) is 3. The van der Waals surface area contributed by atoms with Crippen molar-refractivity contribution in [2.45, 2.75) is 33.2 Å². The number of fused-ring (bicyclic) bond motifs is 1. The zero-order valence-electron chi connectivity index (χ0n) is 13.3. The van der Waals surface area contributed by atoms with Crippen LogP contribution in [0.5, 0.6) is 0 Å². The minimum Gasteiger partial charge on any atom is -0.302 e. The second kappa shape index (κ2) is 5.09. The Morgan fingerprint density at radius 1 is 1.23 bits per heavy atom. The first-order valence-electron chi connectivity index (χ1n) is 7.37. The number of hydrogen-bond donors (Lipinski definition) is 0. The van der Waals surface area contributed by atoms with Gasteiger partial charge in [-0.05, 0) is 38.8 Å². The molecule has 0 radical (unpaired) electrons. The molecule has 1 aliphatic heterocycles. The van der Waals surface area contributed by atoms with E-state index in [4.69, 9.17) is 0 Å². The standard InChI is InChI=1S/C17H19N3O2/c1-10-9-13-7-5-6-8-14(13)20(10)17(22)16(21)15-11(2)18-19(4)12(15)3/h5-8,10H,9H2,1-4H3/t10-/m1/s1. The third kappa shape index (κ3) is 2.04.